The number of aromatic amines is 1. The Morgan fingerprint density at radius 2 is 2.37 bits per heavy atom. The third-order valence-electron chi connectivity index (χ3n) is 3.41. The van der Waals surface area contributed by atoms with Crippen molar-refractivity contribution in [2.75, 3.05) is 7.05 Å². The van der Waals surface area contributed by atoms with E-state index < -0.39 is 12.0 Å². The molecule has 1 aliphatic rings. The number of pyridine rings is 1. The number of nitriles is 1. The molecule has 0 aliphatic heterocycles. The van der Waals surface area contributed by atoms with E-state index in [1.54, 1.807) is 7.05 Å². The minimum Gasteiger partial charge on any atom is -0.326 e. The van der Waals surface area contributed by atoms with Crippen LogP contribution in [0.3, 0.4) is 0 Å². The van der Waals surface area contributed by atoms with E-state index >= 15 is 0 Å². The normalized spacial score (nSPS) is 18.4. The molecule has 6 heteroatoms. The van der Waals surface area contributed by atoms with Gasteiger partial charge >= 0.3 is 0 Å². The van der Waals surface area contributed by atoms with Gasteiger partial charge in [0.05, 0.1) is 12.1 Å². The number of aromatic nitrogens is 1. The van der Waals surface area contributed by atoms with Gasteiger partial charge in [0.1, 0.15) is 0 Å². The number of hydrogen-bond acceptors (Lipinski definition) is 3. The fourth-order valence-corrected chi connectivity index (χ4v) is 2.30. The quantitative estimate of drug-likeness (QED) is 0.863. The highest BCUT2D eigenvalue weighted by molar-refractivity contribution is 5.30. The van der Waals surface area contributed by atoms with Crippen LogP contribution in [0.2, 0.25) is 0 Å². The average molecular weight is 267 g/mol. The lowest BCUT2D eigenvalue weighted by Crippen LogP contribution is -2.32. The number of hydrogen-bond donors (Lipinski definition) is 2. The molecule has 0 spiro atoms. The summed E-state index contributed by atoms with van der Waals surface area (Å²) in [6, 6.07) is 3.03. The summed E-state index contributed by atoms with van der Waals surface area (Å²) in [4.78, 5) is 14.5. The van der Waals surface area contributed by atoms with Gasteiger partial charge in [0.15, 0.2) is 0 Å². The lowest BCUT2D eigenvalue weighted by Gasteiger charge is -2.24. The summed E-state index contributed by atoms with van der Waals surface area (Å²) < 4.78 is 26.7. The molecule has 0 bridgehead atoms. The van der Waals surface area contributed by atoms with Crippen molar-refractivity contribution in [2.45, 2.75) is 37.6 Å². The number of aryl methyl sites for hydroxylation is 1. The van der Waals surface area contributed by atoms with Crippen LogP contribution < -0.4 is 10.9 Å². The summed E-state index contributed by atoms with van der Waals surface area (Å²) in [5, 5.41) is 11.6. The van der Waals surface area contributed by atoms with E-state index in [1.807, 2.05) is 6.07 Å². The van der Waals surface area contributed by atoms with Gasteiger partial charge in [0, 0.05) is 30.5 Å². The zero-order valence-electron chi connectivity index (χ0n) is 10.6. The van der Waals surface area contributed by atoms with Gasteiger partial charge in [-0.3, -0.25) is 4.79 Å². The molecular weight excluding hydrogens is 252 g/mol. The summed E-state index contributed by atoms with van der Waals surface area (Å²) in [7, 11) is 1.62. The topological polar surface area (TPSA) is 68.7 Å². The number of rotatable bonds is 3. The van der Waals surface area contributed by atoms with Crippen molar-refractivity contribution in [3.8, 4) is 6.07 Å². The highest BCUT2D eigenvalue weighted by Gasteiger charge is 2.34. The maximum absolute atomic E-state index is 13.4. The van der Waals surface area contributed by atoms with Crippen molar-refractivity contribution in [3.63, 3.8) is 0 Å². The first-order valence-corrected chi connectivity index (χ1v) is 6.14. The SMILES string of the molecule is CNC(C#N)Cc1cc2c([nH]c1=O)CCC(F)(F)C2. The number of halogens is 2. The van der Waals surface area contributed by atoms with Crippen LogP contribution in [-0.4, -0.2) is 24.0 Å². The van der Waals surface area contributed by atoms with Crippen molar-refractivity contribution < 1.29 is 8.78 Å². The predicted molar refractivity (Wildman–Crippen MR) is 66.2 cm³/mol. The molecule has 1 aromatic heterocycles. The third kappa shape index (κ3) is 2.99. The van der Waals surface area contributed by atoms with Crippen LogP contribution in [-0.2, 0) is 19.3 Å². The molecular formula is C13H15F2N3O. The van der Waals surface area contributed by atoms with E-state index in [-0.39, 0.29) is 31.2 Å². The van der Waals surface area contributed by atoms with Gasteiger partial charge in [-0.15, -0.1) is 0 Å². The molecule has 0 amide bonds. The molecule has 1 heterocycles. The Labute approximate surface area is 109 Å². The van der Waals surface area contributed by atoms with Crippen molar-refractivity contribution >= 4 is 0 Å². The zero-order chi connectivity index (χ0) is 14.0. The summed E-state index contributed by atoms with van der Waals surface area (Å²) in [6.07, 6.45) is -0.178. The number of likely N-dealkylation sites (N-methyl/N-ethyl adjacent to an activating group) is 1. The number of fused-ring (bicyclic) bond motifs is 1. The molecule has 0 fully saturated rings. The Bertz CT molecular complexity index is 574. The summed E-state index contributed by atoms with van der Waals surface area (Å²) >= 11 is 0. The molecule has 0 aromatic carbocycles. The Hall–Kier alpha value is -1.74. The second kappa shape index (κ2) is 5.10. The lowest BCUT2D eigenvalue weighted by molar-refractivity contribution is -0.0128. The fraction of sp³-hybridized carbons (Fsp3) is 0.538. The molecule has 1 atom stereocenters. The van der Waals surface area contributed by atoms with Gasteiger partial charge in [0.25, 0.3) is 11.5 Å². The van der Waals surface area contributed by atoms with E-state index in [1.165, 1.54) is 6.07 Å². The van der Waals surface area contributed by atoms with E-state index in [0.717, 1.165) is 0 Å². The molecule has 2 N–H and O–H groups in total. The zero-order valence-corrected chi connectivity index (χ0v) is 10.6. The molecule has 1 aliphatic carbocycles. The number of nitrogens with zero attached hydrogens (tertiary/aromatic N) is 1. The molecule has 2 rings (SSSR count). The maximum atomic E-state index is 13.4. The van der Waals surface area contributed by atoms with Gasteiger partial charge in [-0.25, -0.2) is 8.78 Å². The fourth-order valence-electron chi connectivity index (χ4n) is 2.30. The Morgan fingerprint density at radius 1 is 1.63 bits per heavy atom. The molecule has 0 saturated carbocycles. The number of H-pyrrole nitrogens is 1. The van der Waals surface area contributed by atoms with Crippen molar-refractivity contribution in [1.82, 2.24) is 10.3 Å². The van der Waals surface area contributed by atoms with Gasteiger partial charge in [0.2, 0.25) is 0 Å². The maximum Gasteiger partial charge on any atom is 0.252 e. The number of alkyl halides is 2. The molecule has 4 nitrogen and oxygen atoms in total. The monoisotopic (exact) mass is 267 g/mol. The van der Waals surface area contributed by atoms with Crippen LogP contribution >= 0.6 is 0 Å². The van der Waals surface area contributed by atoms with E-state index in [2.05, 4.69) is 10.3 Å². The van der Waals surface area contributed by atoms with E-state index in [4.69, 9.17) is 5.26 Å². The second-order valence-electron chi connectivity index (χ2n) is 4.83. The van der Waals surface area contributed by atoms with Crippen LogP contribution in [0.15, 0.2) is 10.9 Å². The van der Waals surface area contributed by atoms with Crippen molar-refractivity contribution in [1.29, 1.82) is 5.26 Å². The van der Waals surface area contributed by atoms with E-state index in [0.29, 0.717) is 16.8 Å². The second-order valence-corrected chi connectivity index (χ2v) is 4.83. The largest absolute Gasteiger partial charge is 0.326 e. The number of nitrogens with one attached hydrogen (secondary N) is 2. The van der Waals surface area contributed by atoms with Crippen LogP contribution in [0, 0.1) is 11.3 Å². The first-order valence-electron chi connectivity index (χ1n) is 6.14. The summed E-state index contributed by atoms with van der Waals surface area (Å²) in [5.41, 5.74) is 1.16. The molecule has 1 aromatic rings. The van der Waals surface area contributed by atoms with Crippen molar-refractivity contribution in [3.05, 3.63) is 33.2 Å². The standard InChI is InChI=1S/C13H15F2N3O/c1-17-10(7-16)5-8-4-9-6-13(14,15)3-2-11(9)18-12(8)19/h4,10,17H,2-3,5-6H2,1H3,(H,18,19). The minimum atomic E-state index is -2.71. The van der Waals surface area contributed by atoms with E-state index in [9.17, 15) is 13.6 Å². The van der Waals surface area contributed by atoms with Crippen LogP contribution in [0.25, 0.3) is 0 Å². The van der Waals surface area contributed by atoms with Gasteiger partial charge in [-0.1, -0.05) is 0 Å². The predicted octanol–water partition coefficient (Wildman–Crippen LogP) is 1.15. The third-order valence-corrected chi connectivity index (χ3v) is 3.41. The van der Waals surface area contributed by atoms with Crippen LogP contribution in [0.1, 0.15) is 23.2 Å². The summed E-state index contributed by atoms with van der Waals surface area (Å²) in [5.74, 6) is -2.71. The van der Waals surface area contributed by atoms with Gasteiger partial charge in [-0.05, 0) is 25.1 Å². The van der Waals surface area contributed by atoms with Crippen LogP contribution in [0.5, 0.6) is 0 Å². The summed E-state index contributed by atoms with van der Waals surface area (Å²) in [6.45, 7) is 0. The first-order chi connectivity index (χ1) is 8.95. The van der Waals surface area contributed by atoms with Gasteiger partial charge < -0.3 is 10.3 Å². The molecule has 102 valence electrons. The molecule has 0 radical (unpaired) electrons. The van der Waals surface area contributed by atoms with Gasteiger partial charge in [-0.2, -0.15) is 5.26 Å². The smallest absolute Gasteiger partial charge is 0.252 e. The Balaban J connectivity index is 2.33. The Morgan fingerprint density at radius 3 is 3.00 bits per heavy atom. The first kappa shape index (κ1) is 13.7. The Kier molecular flexibility index (Phi) is 3.67. The lowest BCUT2D eigenvalue weighted by atomic mass is 9.91. The van der Waals surface area contributed by atoms with Crippen LogP contribution in [0.4, 0.5) is 8.78 Å². The molecule has 1 unspecified atom stereocenters. The highest BCUT2D eigenvalue weighted by atomic mass is 19.3. The highest BCUT2D eigenvalue weighted by Crippen LogP contribution is 2.31. The average Bonchev–Trinajstić information content (AvgIpc) is 2.36. The molecule has 19 heavy (non-hydrogen) atoms. The molecule has 0 saturated heterocycles. The minimum absolute atomic E-state index is 0.186. The van der Waals surface area contributed by atoms with Crippen molar-refractivity contribution in [2.24, 2.45) is 0 Å².